The second-order valence-electron chi connectivity index (χ2n) is 5.71. The van der Waals surface area contributed by atoms with E-state index in [1.54, 1.807) is 0 Å². The molecule has 156 valence electrons. The molecule has 0 aliphatic rings. The highest BCUT2D eigenvalue weighted by molar-refractivity contribution is 6.04. The molecular formula is C18H13NO11. The van der Waals surface area contributed by atoms with Crippen molar-refractivity contribution in [1.82, 2.24) is 0 Å². The third-order valence-electron chi connectivity index (χ3n) is 3.66. The lowest BCUT2D eigenvalue weighted by Crippen LogP contribution is -2.24. The molecule has 3 N–H and O–H groups in total. The highest BCUT2D eigenvalue weighted by Crippen LogP contribution is 2.21. The molecule has 0 amide bonds. The van der Waals surface area contributed by atoms with Crippen molar-refractivity contribution in [3.63, 3.8) is 0 Å². The topological polar surface area (TPSA) is 191 Å². The third-order valence-corrected chi connectivity index (χ3v) is 3.66. The van der Waals surface area contributed by atoms with Crippen LogP contribution < -0.4 is 0 Å². The van der Waals surface area contributed by atoms with Crippen LogP contribution in [0, 0.1) is 10.1 Å². The van der Waals surface area contributed by atoms with E-state index >= 15 is 0 Å². The summed E-state index contributed by atoms with van der Waals surface area (Å²) in [6, 6.07) is 5.28. The van der Waals surface area contributed by atoms with Gasteiger partial charge in [0.05, 0.1) is 27.2 Å². The van der Waals surface area contributed by atoms with E-state index < -0.39 is 68.8 Å². The second kappa shape index (κ2) is 8.68. The molecule has 1 atom stereocenters. The number of aromatic carboxylic acids is 2. The van der Waals surface area contributed by atoms with E-state index in [0.29, 0.717) is 6.07 Å². The van der Waals surface area contributed by atoms with Gasteiger partial charge < -0.3 is 24.8 Å². The van der Waals surface area contributed by atoms with Gasteiger partial charge in [0.1, 0.15) is 5.75 Å². The maximum absolute atomic E-state index is 12.3. The molecule has 0 spiro atoms. The number of hydrogen-bond acceptors (Lipinski definition) is 9. The molecule has 2 aromatic rings. The van der Waals surface area contributed by atoms with Gasteiger partial charge in [0, 0.05) is 19.1 Å². The first kappa shape index (κ1) is 21.8. The number of hydrogen-bond donors (Lipinski definition) is 3. The Morgan fingerprint density at radius 3 is 1.93 bits per heavy atom. The summed E-state index contributed by atoms with van der Waals surface area (Å²) in [4.78, 5) is 56.9. The Bertz CT molecular complexity index is 1060. The Balaban J connectivity index is 2.22. The summed E-state index contributed by atoms with van der Waals surface area (Å²) in [6.07, 6.45) is -1.61. The molecule has 0 aromatic heterocycles. The van der Waals surface area contributed by atoms with E-state index in [-0.39, 0.29) is 0 Å². The minimum atomic E-state index is -1.61. The van der Waals surface area contributed by atoms with Crippen LogP contribution in [0.2, 0.25) is 0 Å². The number of esters is 2. The fourth-order valence-electron chi connectivity index (χ4n) is 2.34. The van der Waals surface area contributed by atoms with Crippen molar-refractivity contribution in [2.24, 2.45) is 0 Å². The van der Waals surface area contributed by atoms with Crippen LogP contribution in [-0.4, -0.2) is 50.4 Å². The van der Waals surface area contributed by atoms with Crippen molar-refractivity contribution in [3.8, 4) is 5.75 Å². The molecule has 0 bridgehead atoms. The zero-order valence-corrected chi connectivity index (χ0v) is 15.1. The van der Waals surface area contributed by atoms with Crippen molar-refractivity contribution in [3.05, 3.63) is 68.8 Å². The number of carboxylic acid groups (broad SMARTS) is 2. The molecule has 0 saturated carbocycles. The molecule has 0 aliphatic carbocycles. The fraction of sp³-hybridized carbons (Fsp3) is 0.111. The normalized spacial score (nSPS) is 11.2. The van der Waals surface area contributed by atoms with Gasteiger partial charge in [0.25, 0.3) is 5.69 Å². The Morgan fingerprint density at radius 2 is 1.40 bits per heavy atom. The molecule has 0 aliphatic heterocycles. The van der Waals surface area contributed by atoms with Crippen LogP contribution in [0.3, 0.4) is 0 Å². The van der Waals surface area contributed by atoms with Gasteiger partial charge in [-0.25, -0.2) is 19.2 Å². The van der Waals surface area contributed by atoms with Gasteiger partial charge in [-0.1, -0.05) is 0 Å². The van der Waals surface area contributed by atoms with Crippen LogP contribution in [-0.2, 0) is 9.47 Å². The zero-order chi connectivity index (χ0) is 22.6. The number of ether oxygens (including phenoxy) is 2. The second-order valence-corrected chi connectivity index (χ2v) is 5.71. The molecule has 30 heavy (non-hydrogen) atoms. The monoisotopic (exact) mass is 419 g/mol. The number of carboxylic acids is 2. The summed E-state index contributed by atoms with van der Waals surface area (Å²) >= 11 is 0. The van der Waals surface area contributed by atoms with Crippen LogP contribution in [0.5, 0.6) is 5.75 Å². The van der Waals surface area contributed by atoms with Gasteiger partial charge in [0.15, 0.2) is 0 Å². The lowest BCUT2D eigenvalue weighted by Gasteiger charge is -2.15. The van der Waals surface area contributed by atoms with Crippen molar-refractivity contribution in [2.75, 3.05) is 0 Å². The third kappa shape index (κ3) is 4.86. The standard InChI is InChI=1S/C18H13NO11/c1-8(29-17(25)12-5-3-10(20)7-13(12)16(23)24)30-18(26)14-6-9(19(27)28)2-4-11(14)15(21)22/h2-8,20H,1H3,(H,21,22)(H,23,24). The average Bonchev–Trinajstić information content (AvgIpc) is 2.66. The molecule has 2 rings (SSSR count). The molecule has 12 heteroatoms. The lowest BCUT2D eigenvalue weighted by atomic mass is 10.1. The van der Waals surface area contributed by atoms with Crippen LogP contribution >= 0.6 is 0 Å². The minimum absolute atomic E-state index is 0.407. The van der Waals surface area contributed by atoms with Gasteiger partial charge in [-0.2, -0.15) is 0 Å². The molecule has 0 heterocycles. The van der Waals surface area contributed by atoms with Crippen LogP contribution in [0.1, 0.15) is 48.4 Å². The number of phenolic OH excluding ortho intramolecular Hbond substituents is 1. The van der Waals surface area contributed by atoms with E-state index in [1.165, 1.54) is 0 Å². The number of aromatic hydroxyl groups is 1. The highest BCUT2D eigenvalue weighted by atomic mass is 16.7. The van der Waals surface area contributed by atoms with Gasteiger partial charge >= 0.3 is 23.9 Å². The molecule has 2 aromatic carbocycles. The minimum Gasteiger partial charge on any atom is -0.508 e. The van der Waals surface area contributed by atoms with Crippen LogP contribution in [0.4, 0.5) is 5.69 Å². The summed E-state index contributed by atoms with van der Waals surface area (Å²) < 4.78 is 9.64. The quantitative estimate of drug-likeness (QED) is 0.257. The van der Waals surface area contributed by atoms with Gasteiger partial charge in [0.2, 0.25) is 6.29 Å². The first-order valence-electron chi connectivity index (χ1n) is 8.01. The van der Waals surface area contributed by atoms with E-state index in [0.717, 1.165) is 37.3 Å². The van der Waals surface area contributed by atoms with E-state index in [2.05, 4.69) is 0 Å². The molecule has 0 saturated heterocycles. The number of nitrogens with zero attached hydrogens (tertiary/aromatic N) is 1. The summed E-state index contributed by atoms with van der Waals surface area (Å²) in [5, 5.41) is 38.5. The number of nitro benzene ring substituents is 1. The number of carbonyl (C=O) groups excluding carboxylic acids is 2. The maximum Gasteiger partial charge on any atom is 0.342 e. The first-order chi connectivity index (χ1) is 14.0. The van der Waals surface area contributed by atoms with Crippen molar-refractivity contribution < 1.29 is 48.9 Å². The van der Waals surface area contributed by atoms with Crippen LogP contribution in [0.15, 0.2) is 36.4 Å². The number of carbonyl (C=O) groups is 4. The maximum atomic E-state index is 12.3. The van der Waals surface area contributed by atoms with Gasteiger partial charge in [-0.15, -0.1) is 0 Å². The van der Waals surface area contributed by atoms with Crippen molar-refractivity contribution in [1.29, 1.82) is 0 Å². The molecule has 1 unspecified atom stereocenters. The van der Waals surface area contributed by atoms with Crippen molar-refractivity contribution >= 4 is 29.6 Å². The largest absolute Gasteiger partial charge is 0.508 e. The van der Waals surface area contributed by atoms with Gasteiger partial charge in [-0.3, -0.25) is 10.1 Å². The Hall–Kier alpha value is -4.48. The molecule has 0 radical (unpaired) electrons. The Kier molecular flexibility index (Phi) is 6.32. The van der Waals surface area contributed by atoms with Gasteiger partial charge in [-0.05, 0) is 24.3 Å². The predicted molar refractivity (Wildman–Crippen MR) is 95.4 cm³/mol. The smallest absolute Gasteiger partial charge is 0.342 e. The van der Waals surface area contributed by atoms with Crippen molar-refractivity contribution in [2.45, 2.75) is 13.2 Å². The summed E-state index contributed by atoms with van der Waals surface area (Å²) in [5.41, 5.74) is -2.78. The summed E-state index contributed by atoms with van der Waals surface area (Å²) in [7, 11) is 0. The molecule has 0 fully saturated rings. The number of non-ortho nitro benzene ring substituents is 1. The average molecular weight is 419 g/mol. The van der Waals surface area contributed by atoms with E-state index in [9.17, 15) is 34.4 Å². The Labute approximate surface area is 167 Å². The SMILES string of the molecule is CC(OC(=O)c1ccc(O)cc1C(=O)O)OC(=O)c1cc([N+](=O)[O-])ccc1C(=O)O. The summed E-state index contributed by atoms with van der Waals surface area (Å²) in [5.74, 6) is -6.00. The zero-order valence-electron chi connectivity index (χ0n) is 15.1. The molecule has 12 nitrogen and oxygen atoms in total. The number of rotatable bonds is 7. The van der Waals surface area contributed by atoms with E-state index in [4.69, 9.17) is 19.7 Å². The number of nitro groups is 1. The predicted octanol–water partition coefficient (Wildman–Crippen LogP) is 2.06. The van der Waals surface area contributed by atoms with E-state index in [1.807, 2.05) is 0 Å². The fourth-order valence-corrected chi connectivity index (χ4v) is 2.34. The number of phenols is 1. The number of benzene rings is 2. The highest BCUT2D eigenvalue weighted by Gasteiger charge is 2.26. The first-order valence-corrected chi connectivity index (χ1v) is 8.01. The summed E-state index contributed by atoms with van der Waals surface area (Å²) in [6.45, 7) is 1.09. The van der Waals surface area contributed by atoms with Crippen LogP contribution in [0.25, 0.3) is 0 Å². The Morgan fingerprint density at radius 1 is 0.867 bits per heavy atom. The lowest BCUT2D eigenvalue weighted by molar-refractivity contribution is -0.384. The molecular weight excluding hydrogens is 406 g/mol.